The van der Waals surface area contributed by atoms with Crippen molar-refractivity contribution in [1.82, 2.24) is 25.5 Å². The fraction of sp³-hybridized carbons (Fsp3) is 0.238. The molecule has 35 heavy (non-hydrogen) atoms. The standard InChI is InChI=1S/C21H19Cl2N5O6S/c22-14-2-1-3-15(23)19(14)35-20-25-27-28(26-20)11-17(30)16(10-18(31)32)24-21(33)34-9-8-12-4-6-13(29)7-5-12/h1-7,16,29H,8-11H2,(H,24,33)(H,31,32). The zero-order chi connectivity index (χ0) is 25.4. The molecule has 0 radical (unpaired) electrons. The number of carboxylic acids is 1. The highest BCUT2D eigenvalue weighted by atomic mass is 35.5. The van der Waals surface area contributed by atoms with Crippen LogP contribution in [0.4, 0.5) is 4.79 Å². The number of phenolic OH excluding ortho intramolecular Hbond substituents is 1. The van der Waals surface area contributed by atoms with E-state index in [0.717, 1.165) is 22.1 Å². The molecule has 0 aliphatic carbocycles. The summed E-state index contributed by atoms with van der Waals surface area (Å²) in [5.74, 6) is -1.83. The van der Waals surface area contributed by atoms with Crippen molar-refractivity contribution in [3.05, 3.63) is 58.1 Å². The lowest BCUT2D eigenvalue weighted by atomic mass is 10.1. The molecule has 1 atom stereocenters. The molecule has 14 heteroatoms. The molecule has 3 aromatic rings. The molecule has 2 aromatic carbocycles. The zero-order valence-electron chi connectivity index (χ0n) is 17.9. The Kier molecular flexibility index (Phi) is 9.29. The summed E-state index contributed by atoms with van der Waals surface area (Å²) in [6.45, 7) is -0.448. The summed E-state index contributed by atoms with van der Waals surface area (Å²) in [5, 5.41) is 33.3. The van der Waals surface area contributed by atoms with E-state index in [0.29, 0.717) is 21.4 Å². The van der Waals surface area contributed by atoms with Crippen molar-refractivity contribution < 1.29 is 29.3 Å². The topological polar surface area (TPSA) is 157 Å². The fourth-order valence-electron chi connectivity index (χ4n) is 2.79. The van der Waals surface area contributed by atoms with Crippen LogP contribution >= 0.6 is 35.0 Å². The highest BCUT2D eigenvalue weighted by molar-refractivity contribution is 7.99. The maximum atomic E-state index is 12.7. The van der Waals surface area contributed by atoms with Gasteiger partial charge in [0, 0.05) is 6.42 Å². The summed E-state index contributed by atoms with van der Waals surface area (Å²) in [7, 11) is 0. The first-order valence-electron chi connectivity index (χ1n) is 10.1. The number of rotatable bonds is 11. The first-order chi connectivity index (χ1) is 16.7. The summed E-state index contributed by atoms with van der Waals surface area (Å²) in [5.41, 5.74) is 0.817. The summed E-state index contributed by atoms with van der Waals surface area (Å²) in [4.78, 5) is 37.5. The third-order valence-corrected chi connectivity index (χ3v) is 6.31. The highest BCUT2D eigenvalue weighted by Gasteiger charge is 2.25. The van der Waals surface area contributed by atoms with E-state index in [9.17, 15) is 19.5 Å². The molecule has 3 rings (SSSR count). The van der Waals surface area contributed by atoms with E-state index >= 15 is 0 Å². The van der Waals surface area contributed by atoms with Gasteiger partial charge in [0.25, 0.3) is 0 Å². The van der Waals surface area contributed by atoms with Crippen LogP contribution in [0.1, 0.15) is 12.0 Å². The van der Waals surface area contributed by atoms with Gasteiger partial charge in [-0.25, -0.2) is 4.79 Å². The Morgan fingerprint density at radius 2 is 1.80 bits per heavy atom. The Labute approximate surface area is 213 Å². The number of halogens is 2. The van der Waals surface area contributed by atoms with Crippen LogP contribution in [0.25, 0.3) is 0 Å². The number of aromatic hydroxyl groups is 1. The summed E-state index contributed by atoms with van der Waals surface area (Å²) < 4.78 is 5.05. The second-order valence-electron chi connectivity index (χ2n) is 7.07. The average molecular weight is 540 g/mol. The SMILES string of the molecule is O=C(O)CC(NC(=O)OCCc1ccc(O)cc1)C(=O)Cn1nnc(Sc2c(Cl)cccc2Cl)n1. The van der Waals surface area contributed by atoms with Crippen LogP contribution in [0.3, 0.4) is 0 Å². The number of tetrazole rings is 1. The average Bonchev–Trinajstić information content (AvgIpc) is 3.24. The van der Waals surface area contributed by atoms with Gasteiger partial charge >= 0.3 is 12.1 Å². The van der Waals surface area contributed by atoms with Crippen LogP contribution in [0.15, 0.2) is 52.5 Å². The van der Waals surface area contributed by atoms with Crippen LogP contribution < -0.4 is 5.32 Å². The number of amides is 1. The number of ether oxygens (including phenoxy) is 1. The van der Waals surface area contributed by atoms with Gasteiger partial charge in [-0.1, -0.05) is 41.4 Å². The van der Waals surface area contributed by atoms with Crippen molar-refractivity contribution in [2.45, 2.75) is 35.5 Å². The summed E-state index contributed by atoms with van der Waals surface area (Å²) in [6.07, 6.45) is -1.24. The molecule has 1 amide bonds. The van der Waals surface area contributed by atoms with E-state index in [1.54, 1.807) is 30.3 Å². The Bertz CT molecular complexity index is 1190. The van der Waals surface area contributed by atoms with Crippen molar-refractivity contribution in [2.75, 3.05) is 6.61 Å². The molecule has 0 bridgehead atoms. The van der Waals surface area contributed by atoms with E-state index in [4.69, 9.17) is 33.0 Å². The van der Waals surface area contributed by atoms with Crippen molar-refractivity contribution in [3.63, 3.8) is 0 Å². The molecule has 3 N–H and O–H groups in total. The van der Waals surface area contributed by atoms with Crippen molar-refractivity contribution >= 4 is 52.8 Å². The second-order valence-corrected chi connectivity index (χ2v) is 8.86. The van der Waals surface area contributed by atoms with Crippen molar-refractivity contribution in [2.24, 2.45) is 0 Å². The molecule has 0 aliphatic heterocycles. The van der Waals surface area contributed by atoms with E-state index in [2.05, 4.69) is 20.7 Å². The van der Waals surface area contributed by atoms with Gasteiger partial charge in [-0.3, -0.25) is 9.59 Å². The number of carbonyl (C=O) groups excluding carboxylic acids is 2. The van der Waals surface area contributed by atoms with E-state index in [-0.39, 0.29) is 17.5 Å². The summed E-state index contributed by atoms with van der Waals surface area (Å²) in [6, 6.07) is 9.96. The molecule has 1 unspecified atom stereocenters. The molecule has 0 saturated carbocycles. The molecule has 0 aliphatic rings. The maximum absolute atomic E-state index is 12.7. The smallest absolute Gasteiger partial charge is 0.407 e. The first kappa shape index (κ1) is 26.3. The Balaban J connectivity index is 1.55. The molecule has 0 saturated heterocycles. The number of carboxylic acid groups (broad SMARTS) is 1. The minimum atomic E-state index is -1.37. The van der Waals surface area contributed by atoms with Crippen molar-refractivity contribution in [1.29, 1.82) is 0 Å². The van der Waals surface area contributed by atoms with Gasteiger partial charge in [-0.2, -0.15) is 4.80 Å². The van der Waals surface area contributed by atoms with Gasteiger partial charge in [0.05, 0.1) is 28.0 Å². The lowest BCUT2D eigenvalue weighted by molar-refractivity contribution is -0.139. The van der Waals surface area contributed by atoms with E-state index < -0.39 is 36.9 Å². The van der Waals surface area contributed by atoms with Gasteiger partial charge in [0.1, 0.15) is 18.3 Å². The number of alkyl carbamates (subject to hydrolysis) is 1. The molecule has 184 valence electrons. The summed E-state index contributed by atoms with van der Waals surface area (Å²) >= 11 is 13.3. The van der Waals surface area contributed by atoms with Gasteiger partial charge in [-0.05, 0) is 46.8 Å². The van der Waals surface area contributed by atoms with Gasteiger partial charge < -0.3 is 20.3 Å². The number of ketones is 1. The number of aromatic nitrogens is 4. The zero-order valence-corrected chi connectivity index (χ0v) is 20.3. The van der Waals surface area contributed by atoms with Crippen LogP contribution in [0, 0.1) is 0 Å². The van der Waals surface area contributed by atoms with Crippen LogP contribution in [-0.2, 0) is 27.3 Å². The van der Waals surface area contributed by atoms with Gasteiger partial charge in [0.2, 0.25) is 5.16 Å². The van der Waals surface area contributed by atoms with Crippen molar-refractivity contribution in [3.8, 4) is 5.75 Å². The number of nitrogens with one attached hydrogen (secondary N) is 1. The molecule has 11 nitrogen and oxygen atoms in total. The molecule has 1 aromatic heterocycles. The fourth-order valence-corrected chi connectivity index (χ4v) is 4.14. The second kappa shape index (κ2) is 12.4. The molecular formula is C21H19Cl2N5O6S. The Morgan fingerprint density at radius 3 is 2.46 bits per heavy atom. The lowest BCUT2D eigenvalue weighted by Gasteiger charge is -2.15. The Morgan fingerprint density at radius 1 is 1.11 bits per heavy atom. The number of hydrogen-bond donors (Lipinski definition) is 3. The molecule has 0 fully saturated rings. The number of Topliss-reactive ketones (excluding diaryl/α,β-unsaturated/α-hetero) is 1. The number of phenols is 1. The number of aliphatic carboxylic acids is 1. The number of benzene rings is 2. The quantitative estimate of drug-likeness (QED) is 0.330. The number of hydrogen-bond acceptors (Lipinski definition) is 9. The minimum absolute atomic E-state index is 0.0135. The Hall–Kier alpha value is -3.35. The first-order valence-corrected chi connectivity index (χ1v) is 11.6. The van der Waals surface area contributed by atoms with Crippen LogP contribution in [-0.4, -0.2) is 60.9 Å². The maximum Gasteiger partial charge on any atom is 0.407 e. The highest BCUT2D eigenvalue weighted by Crippen LogP contribution is 2.36. The van der Waals surface area contributed by atoms with Crippen LogP contribution in [0.2, 0.25) is 10.0 Å². The predicted molar refractivity (Wildman–Crippen MR) is 126 cm³/mol. The molecular weight excluding hydrogens is 521 g/mol. The number of nitrogens with zero attached hydrogens (tertiary/aromatic N) is 4. The molecule has 1 heterocycles. The lowest BCUT2D eigenvalue weighted by Crippen LogP contribution is -2.44. The van der Waals surface area contributed by atoms with Gasteiger partial charge in [0.15, 0.2) is 5.78 Å². The third-order valence-electron chi connectivity index (χ3n) is 4.46. The molecule has 0 spiro atoms. The van der Waals surface area contributed by atoms with E-state index in [1.165, 1.54) is 12.1 Å². The normalized spacial score (nSPS) is 11.6. The van der Waals surface area contributed by atoms with Gasteiger partial charge in [-0.15, -0.1) is 10.2 Å². The largest absolute Gasteiger partial charge is 0.508 e. The van der Waals surface area contributed by atoms with E-state index in [1.807, 2.05) is 0 Å². The van der Waals surface area contributed by atoms with Crippen LogP contribution in [0.5, 0.6) is 5.75 Å². The predicted octanol–water partition coefficient (Wildman–Crippen LogP) is 3.22. The third kappa shape index (κ3) is 8.12. The number of carbonyl (C=O) groups is 3. The minimum Gasteiger partial charge on any atom is -0.508 e. The monoisotopic (exact) mass is 539 g/mol.